The molecular weight excluding hydrogens is 208 g/mol. The number of amides is 3. The highest BCUT2D eigenvalue weighted by atomic mass is 16.2. The molecule has 0 aromatic rings. The van der Waals surface area contributed by atoms with Crippen LogP contribution in [0, 0.1) is 5.92 Å². The van der Waals surface area contributed by atoms with Gasteiger partial charge in [-0.2, -0.15) is 0 Å². The van der Waals surface area contributed by atoms with Gasteiger partial charge in [0.05, 0.1) is 6.54 Å². The fourth-order valence-electron chi connectivity index (χ4n) is 2.27. The molecule has 0 spiro atoms. The molecule has 5 N–H and O–H groups in total. The van der Waals surface area contributed by atoms with Crippen molar-refractivity contribution in [2.24, 2.45) is 17.4 Å². The zero-order chi connectivity index (χ0) is 12.1. The molecule has 1 saturated heterocycles. The lowest BCUT2D eigenvalue weighted by Crippen LogP contribution is -2.52. The van der Waals surface area contributed by atoms with E-state index >= 15 is 0 Å². The van der Waals surface area contributed by atoms with Gasteiger partial charge in [0, 0.05) is 12.6 Å². The van der Waals surface area contributed by atoms with Gasteiger partial charge in [0.15, 0.2) is 0 Å². The average Bonchev–Trinajstić information content (AvgIpc) is 2.16. The summed E-state index contributed by atoms with van der Waals surface area (Å²) in [5, 5.41) is 2.07. The van der Waals surface area contributed by atoms with E-state index in [-0.39, 0.29) is 18.5 Å². The second kappa shape index (κ2) is 5.81. The van der Waals surface area contributed by atoms with Crippen LogP contribution in [0.3, 0.4) is 0 Å². The van der Waals surface area contributed by atoms with Crippen molar-refractivity contribution in [1.82, 2.24) is 10.2 Å². The minimum absolute atomic E-state index is 0.190. The van der Waals surface area contributed by atoms with E-state index in [4.69, 9.17) is 11.5 Å². The molecule has 2 atom stereocenters. The molecule has 92 valence electrons. The average molecular weight is 228 g/mol. The third kappa shape index (κ3) is 3.46. The highest BCUT2D eigenvalue weighted by Gasteiger charge is 2.28. The Balaban J connectivity index is 2.50. The zero-order valence-electron chi connectivity index (χ0n) is 9.61. The lowest BCUT2D eigenvalue weighted by molar-refractivity contribution is -0.122. The molecule has 0 aromatic heterocycles. The van der Waals surface area contributed by atoms with Crippen LogP contribution in [0.4, 0.5) is 4.79 Å². The summed E-state index contributed by atoms with van der Waals surface area (Å²) in [5.74, 6) is 0.125. The first-order valence-corrected chi connectivity index (χ1v) is 5.58. The SMILES string of the molecule is CC1CCCN(CC(=O)NC(N)=O)C1CN. The maximum Gasteiger partial charge on any atom is 0.318 e. The van der Waals surface area contributed by atoms with Crippen molar-refractivity contribution in [2.75, 3.05) is 19.6 Å². The number of rotatable bonds is 3. The van der Waals surface area contributed by atoms with Crippen LogP contribution in [0.15, 0.2) is 0 Å². The van der Waals surface area contributed by atoms with Gasteiger partial charge in [0.25, 0.3) is 0 Å². The third-order valence-electron chi connectivity index (χ3n) is 3.08. The first kappa shape index (κ1) is 12.9. The summed E-state index contributed by atoms with van der Waals surface area (Å²) in [6, 6.07) is -0.591. The number of hydrogen-bond donors (Lipinski definition) is 3. The number of urea groups is 1. The van der Waals surface area contributed by atoms with Crippen molar-refractivity contribution in [1.29, 1.82) is 0 Å². The van der Waals surface area contributed by atoms with Gasteiger partial charge in [-0.1, -0.05) is 6.92 Å². The van der Waals surface area contributed by atoms with Gasteiger partial charge in [0.1, 0.15) is 0 Å². The number of nitrogens with two attached hydrogens (primary N) is 2. The highest BCUT2D eigenvalue weighted by molar-refractivity contribution is 5.94. The number of piperidine rings is 1. The van der Waals surface area contributed by atoms with Crippen molar-refractivity contribution in [3.8, 4) is 0 Å². The van der Waals surface area contributed by atoms with Crippen LogP contribution >= 0.6 is 0 Å². The van der Waals surface area contributed by atoms with Crippen LogP contribution in [0.1, 0.15) is 19.8 Å². The van der Waals surface area contributed by atoms with E-state index in [0.29, 0.717) is 12.5 Å². The fraction of sp³-hybridized carbons (Fsp3) is 0.800. The molecule has 6 nitrogen and oxygen atoms in total. The van der Waals surface area contributed by atoms with E-state index in [1.807, 2.05) is 4.90 Å². The summed E-state index contributed by atoms with van der Waals surface area (Å²) in [6.45, 7) is 3.70. The quantitative estimate of drug-likeness (QED) is 0.591. The van der Waals surface area contributed by atoms with Crippen LogP contribution in [0.5, 0.6) is 0 Å². The molecule has 1 aliphatic rings. The Morgan fingerprint density at radius 3 is 2.75 bits per heavy atom. The van der Waals surface area contributed by atoms with Gasteiger partial charge in [-0.3, -0.25) is 15.0 Å². The van der Waals surface area contributed by atoms with Crippen LogP contribution in [0.25, 0.3) is 0 Å². The number of nitrogens with zero attached hydrogens (tertiary/aromatic N) is 1. The molecule has 0 saturated carbocycles. The van der Waals surface area contributed by atoms with Crippen LogP contribution < -0.4 is 16.8 Å². The van der Waals surface area contributed by atoms with E-state index in [9.17, 15) is 9.59 Å². The Morgan fingerprint density at radius 2 is 2.19 bits per heavy atom. The number of hydrogen-bond acceptors (Lipinski definition) is 4. The van der Waals surface area contributed by atoms with Crippen molar-refractivity contribution >= 4 is 11.9 Å². The van der Waals surface area contributed by atoms with Crippen LogP contribution in [0.2, 0.25) is 0 Å². The van der Waals surface area contributed by atoms with Crippen LogP contribution in [-0.4, -0.2) is 42.5 Å². The van der Waals surface area contributed by atoms with Crippen molar-refractivity contribution in [2.45, 2.75) is 25.8 Å². The van der Waals surface area contributed by atoms with Gasteiger partial charge in [-0.05, 0) is 25.3 Å². The molecule has 16 heavy (non-hydrogen) atoms. The van der Waals surface area contributed by atoms with E-state index in [1.165, 1.54) is 0 Å². The number of nitrogens with one attached hydrogen (secondary N) is 1. The molecule has 0 aromatic carbocycles. The van der Waals surface area contributed by atoms with E-state index in [2.05, 4.69) is 12.2 Å². The van der Waals surface area contributed by atoms with Gasteiger partial charge in [-0.15, -0.1) is 0 Å². The number of primary amides is 1. The molecule has 0 radical (unpaired) electrons. The minimum Gasteiger partial charge on any atom is -0.351 e. The van der Waals surface area contributed by atoms with Gasteiger partial charge >= 0.3 is 6.03 Å². The van der Waals surface area contributed by atoms with Gasteiger partial charge in [-0.25, -0.2) is 4.79 Å². The van der Waals surface area contributed by atoms with Gasteiger partial charge < -0.3 is 11.5 Å². The minimum atomic E-state index is -0.806. The monoisotopic (exact) mass is 228 g/mol. The largest absolute Gasteiger partial charge is 0.351 e. The summed E-state index contributed by atoms with van der Waals surface area (Å²) >= 11 is 0. The number of carbonyl (C=O) groups excluding carboxylic acids is 2. The number of carbonyl (C=O) groups is 2. The molecular formula is C10H20N4O2. The lowest BCUT2D eigenvalue weighted by Gasteiger charge is -2.38. The van der Waals surface area contributed by atoms with E-state index < -0.39 is 6.03 Å². The number of imide groups is 1. The molecule has 2 unspecified atom stereocenters. The molecule has 3 amide bonds. The molecule has 1 heterocycles. The molecule has 1 fully saturated rings. The second-order valence-electron chi connectivity index (χ2n) is 4.31. The standard InChI is InChI=1S/C10H20N4O2/c1-7-3-2-4-14(8(7)5-11)6-9(15)13-10(12)16/h7-8H,2-6,11H2,1H3,(H3,12,13,15,16). The lowest BCUT2D eigenvalue weighted by atomic mass is 9.91. The maximum atomic E-state index is 11.4. The van der Waals surface area contributed by atoms with Gasteiger partial charge in [0.2, 0.25) is 5.91 Å². The molecule has 0 aliphatic carbocycles. The second-order valence-corrected chi connectivity index (χ2v) is 4.31. The summed E-state index contributed by atoms with van der Waals surface area (Å²) in [4.78, 5) is 23.9. The topological polar surface area (TPSA) is 101 Å². The molecule has 0 bridgehead atoms. The van der Waals surface area contributed by atoms with Crippen molar-refractivity contribution in [3.63, 3.8) is 0 Å². The highest BCUT2D eigenvalue weighted by Crippen LogP contribution is 2.21. The first-order chi connectivity index (χ1) is 7.54. The molecule has 1 rings (SSSR count). The zero-order valence-corrected chi connectivity index (χ0v) is 9.61. The van der Waals surface area contributed by atoms with Crippen molar-refractivity contribution in [3.05, 3.63) is 0 Å². The van der Waals surface area contributed by atoms with Crippen molar-refractivity contribution < 1.29 is 9.59 Å². The first-order valence-electron chi connectivity index (χ1n) is 5.58. The Labute approximate surface area is 95.3 Å². The Morgan fingerprint density at radius 1 is 1.50 bits per heavy atom. The summed E-state index contributed by atoms with van der Waals surface area (Å²) in [7, 11) is 0. The summed E-state index contributed by atoms with van der Waals surface area (Å²) < 4.78 is 0. The fourth-order valence-corrected chi connectivity index (χ4v) is 2.27. The third-order valence-corrected chi connectivity index (χ3v) is 3.08. The normalized spacial score (nSPS) is 26.4. The van der Waals surface area contributed by atoms with Crippen LogP contribution in [-0.2, 0) is 4.79 Å². The summed E-state index contributed by atoms with van der Waals surface area (Å²) in [5.41, 5.74) is 10.6. The Kier molecular flexibility index (Phi) is 4.70. The Hall–Kier alpha value is -1.14. The predicted octanol–water partition coefficient (Wildman–Crippen LogP) is -0.759. The number of likely N-dealkylation sites (tertiary alicyclic amines) is 1. The molecule has 1 aliphatic heterocycles. The molecule has 6 heteroatoms. The Bertz CT molecular complexity index is 270. The van der Waals surface area contributed by atoms with E-state index in [1.54, 1.807) is 0 Å². The smallest absolute Gasteiger partial charge is 0.318 e. The summed E-state index contributed by atoms with van der Waals surface area (Å²) in [6.07, 6.45) is 2.19. The predicted molar refractivity (Wildman–Crippen MR) is 60.5 cm³/mol. The van der Waals surface area contributed by atoms with E-state index in [0.717, 1.165) is 19.4 Å². The maximum absolute atomic E-state index is 11.4.